The number of methoxy groups -OCH3 is 1. The number of anilines is 1. The minimum atomic E-state index is -2.83. The Hall–Kier alpha value is -3.24. The van der Waals surface area contributed by atoms with Gasteiger partial charge in [0, 0.05) is 0 Å². The lowest BCUT2D eigenvalue weighted by Gasteiger charge is -2.11. The van der Waals surface area contributed by atoms with E-state index in [0.29, 0.717) is 10.6 Å². The number of nitrogens with two attached hydrogens (primary N) is 1. The molecule has 10 heteroatoms. The second-order valence-corrected chi connectivity index (χ2v) is 9.20. The lowest BCUT2D eigenvalue weighted by molar-refractivity contribution is -0.0512. The van der Waals surface area contributed by atoms with Crippen LogP contribution in [0.15, 0.2) is 42.5 Å². The van der Waals surface area contributed by atoms with Crippen molar-refractivity contribution in [1.29, 1.82) is 0 Å². The number of halogens is 2. The van der Waals surface area contributed by atoms with Crippen molar-refractivity contribution < 1.29 is 28.2 Å². The molecule has 2 aromatic carbocycles. The number of nitrogen functional groups attached to an aromatic ring is 1. The molecule has 0 radical (unpaired) electrons. The molecule has 1 heterocycles. The number of alkyl halides is 2. The molecule has 1 aromatic heterocycles. The summed E-state index contributed by atoms with van der Waals surface area (Å²) >= 11 is 1.19. The van der Waals surface area contributed by atoms with Gasteiger partial charge in [0.2, 0.25) is 0 Å². The summed E-state index contributed by atoms with van der Waals surface area (Å²) in [7, 11) is 1.45. The number of hydrogen-bond acceptors (Lipinski definition) is 7. The molecule has 0 atom stereocenters. The largest absolute Gasteiger partial charge is 0.493 e. The van der Waals surface area contributed by atoms with Gasteiger partial charge in [0.25, 0.3) is 0 Å². The van der Waals surface area contributed by atoms with Crippen molar-refractivity contribution in [1.82, 2.24) is 10.3 Å². The maximum Gasteiger partial charge on any atom is 0.387 e. The van der Waals surface area contributed by atoms with Gasteiger partial charge >= 0.3 is 12.6 Å². The average molecular weight is 506 g/mol. The molecular weight excluding hydrogens is 476 g/mol. The van der Waals surface area contributed by atoms with Crippen LogP contribution in [0.4, 0.5) is 13.9 Å². The molecular formula is C25H29F2N3O4S. The quantitative estimate of drug-likeness (QED) is 0.324. The van der Waals surface area contributed by atoms with Gasteiger partial charge in [0.15, 0.2) is 22.3 Å². The van der Waals surface area contributed by atoms with E-state index in [1.807, 2.05) is 31.2 Å². The number of aryl methyl sites for hydroxylation is 1. The van der Waals surface area contributed by atoms with Crippen LogP contribution >= 0.6 is 11.3 Å². The SMILES string of the molecule is COc1cc(CCNCC2CC2)ccc1OC(F)F.Cc1cccc(-c2sc(N)nc2C(=O)O)c1. The fraction of sp³-hybridized carbons (Fsp3) is 0.360. The highest BCUT2D eigenvalue weighted by Crippen LogP contribution is 2.32. The molecule has 0 spiro atoms. The fourth-order valence-corrected chi connectivity index (χ4v) is 4.21. The van der Waals surface area contributed by atoms with Gasteiger partial charge in [-0.2, -0.15) is 8.78 Å². The van der Waals surface area contributed by atoms with Crippen molar-refractivity contribution in [2.45, 2.75) is 32.8 Å². The smallest absolute Gasteiger partial charge is 0.387 e. The normalized spacial score (nSPS) is 12.7. The van der Waals surface area contributed by atoms with Crippen molar-refractivity contribution in [3.63, 3.8) is 0 Å². The second kappa shape index (κ2) is 12.5. The molecule has 0 bridgehead atoms. The molecule has 0 unspecified atom stereocenters. The van der Waals surface area contributed by atoms with Crippen molar-refractivity contribution in [3.8, 4) is 21.9 Å². The topological polar surface area (TPSA) is 107 Å². The van der Waals surface area contributed by atoms with Crippen LogP contribution in [0, 0.1) is 12.8 Å². The van der Waals surface area contributed by atoms with Gasteiger partial charge in [-0.05, 0) is 68.5 Å². The third-order valence-corrected chi connectivity index (χ3v) is 6.22. The number of hydrogen-bond donors (Lipinski definition) is 3. The molecule has 1 saturated carbocycles. The second-order valence-electron chi connectivity index (χ2n) is 8.17. The molecule has 0 amide bonds. The van der Waals surface area contributed by atoms with Gasteiger partial charge in [0.05, 0.1) is 12.0 Å². The van der Waals surface area contributed by atoms with E-state index in [1.165, 1.54) is 37.4 Å². The van der Waals surface area contributed by atoms with Crippen molar-refractivity contribution >= 4 is 22.4 Å². The molecule has 1 aliphatic carbocycles. The number of nitrogens with zero attached hydrogens (tertiary/aromatic N) is 1. The first-order valence-electron chi connectivity index (χ1n) is 11.2. The van der Waals surface area contributed by atoms with Gasteiger partial charge < -0.3 is 25.6 Å². The standard InChI is InChI=1S/C14H19F2NO2.C11H10N2O2S/c1-18-13-8-10(4-5-12(13)19-14(15)16)6-7-17-9-11-2-3-11;1-6-3-2-4-7(5-6)9-8(10(14)15)13-11(12)16-9/h4-5,8,11,14,17H,2-3,6-7,9H2,1H3;2-5H,1H3,(H2,12,13)(H,14,15). The maximum atomic E-state index is 12.2. The Balaban J connectivity index is 0.000000198. The lowest BCUT2D eigenvalue weighted by Crippen LogP contribution is -2.19. The minimum Gasteiger partial charge on any atom is -0.493 e. The van der Waals surface area contributed by atoms with E-state index in [0.717, 1.165) is 42.1 Å². The van der Waals surface area contributed by atoms with E-state index in [1.54, 1.807) is 12.1 Å². The highest BCUT2D eigenvalue weighted by molar-refractivity contribution is 7.19. The highest BCUT2D eigenvalue weighted by atomic mass is 32.1. The van der Waals surface area contributed by atoms with Crippen LogP contribution in [0.25, 0.3) is 10.4 Å². The summed E-state index contributed by atoms with van der Waals surface area (Å²) in [5.74, 6) is 0.230. The van der Waals surface area contributed by atoms with E-state index in [2.05, 4.69) is 15.0 Å². The van der Waals surface area contributed by atoms with Gasteiger partial charge in [-0.25, -0.2) is 9.78 Å². The van der Waals surface area contributed by atoms with Crippen LogP contribution in [-0.4, -0.2) is 42.9 Å². The van der Waals surface area contributed by atoms with Gasteiger partial charge in [-0.3, -0.25) is 0 Å². The Labute approximate surface area is 206 Å². The summed E-state index contributed by atoms with van der Waals surface area (Å²) < 4.78 is 33.8. The fourth-order valence-electron chi connectivity index (χ4n) is 3.39. The van der Waals surface area contributed by atoms with Crippen LogP contribution in [-0.2, 0) is 6.42 Å². The number of carboxylic acids is 1. The summed E-state index contributed by atoms with van der Waals surface area (Å²) in [4.78, 5) is 15.4. The molecule has 1 aliphatic rings. The molecule has 3 aromatic rings. The van der Waals surface area contributed by atoms with Crippen molar-refractivity contribution in [2.24, 2.45) is 5.92 Å². The van der Waals surface area contributed by atoms with E-state index >= 15 is 0 Å². The number of rotatable bonds is 10. The van der Waals surface area contributed by atoms with Crippen molar-refractivity contribution in [3.05, 3.63) is 59.3 Å². The number of aromatic carboxylic acids is 1. The molecule has 4 N–H and O–H groups in total. The summed E-state index contributed by atoms with van der Waals surface area (Å²) in [6, 6.07) is 12.7. The third kappa shape index (κ3) is 8.18. The zero-order chi connectivity index (χ0) is 25.4. The first-order chi connectivity index (χ1) is 16.8. The summed E-state index contributed by atoms with van der Waals surface area (Å²) in [6.45, 7) is 1.08. The summed E-state index contributed by atoms with van der Waals surface area (Å²) in [5.41, 5.74) is 8.51. The number of thiazole rings is 1. The molecule has 1 fully saturated rings. The molecule has 0 saturated heterocycles. The monoisotopic (exact) mass is 505 g/mol. The third-order valence-electron chi connectivity index (χ3n) is 5.29. The van der Waals surface area contributed by atoms with Crippen LogP contribution in [0.2, 0.25) is 0 Å². The number of ether oxygens (including phenoxy) is 2. The molecule has 4 rings (SSSR count). The van der Waals surface area contributed by atoms with Gasteiger partial charge in [-0.15, -0.1) is 0 Å². The number of aromatic nitrogens is 1. The van der Waals surface area contributed by atoms with E-state index < -0.39 is 12.6 Å². The minimum absolute atomic E-state index is 0.0214. The number of carboxylic acid groups (broad SMARTS) is 1. The highest BCUT2D eigenvalue weighted by Gasteiger charge is 2.20. The predicted molar refractivity (Wildman–Crippen MR) is 133 cm³/mol. The van der Waals surface area contributed by atoms with Crippen molar-refractivity contribution in [2.75, 3.05) is 25.9 Å². The predicted octanol–water partition coefficient (Wildman–Crippen LogP) is 5.24. The first kappa shape index (κ1) is 26.4. The Morgan fingerprint density at radius 2 is 2.03 bits per heavy atom. The van der Waals surface area contributed by atoms with Crippen LogP contribution in [0.5, 0.6) is 11.5 Å². The molecule has 0 aliphatic heterocycles. The Morgan fingerprint density at radius 3 is 2.66 bits per heavy atom. The molecule has 7 nitrogen and oxygen atoms in total. The number of benzene rings is 2. The zero-order valence-corrected chi connectivity index (χ0v) is 20.4. The van der Waals surface area contributed by atoms with Crippen LogP contribution < -0.4 is 20.5 Å². The van der Waals surface area contributed by atoms with E-state index in [4.69, 9.17) is 15.6 Å². The van der Waals surface area contributed by atoms with E-state index in [-0.39, 0.29) is 16.6 Å². The number of carbonyl (C=O) groups is 1. The summed E-state index contributed by atoms with van der Waals surface area (Å²) in [5, 5.41) is 12.7. The first-order valence-corrected chi connectivity index (χ1v) is 12.0. The number of nitrogens with one attached hydrogen (secondary N) is 1. The van der Waals surface area contributed by atoms with Gasteiger partial charge in [0.1, 0.15) is 0 Å². The van der Waals surface area contributed by atoms with Crippen LogP contribution in [0.1, 0.15) is 34.5 Å². The average Bonchev–Trinajstić information content (AvgIpc) is 3.56. The lowest BCUT2D eigenvalue weighted by atomic mass is 10.1. The Morgan fingerprint density at radius 1 is 1.26 bits per heavy atom. The van der Waals surface area contributed by atoms with Gasteiger partial charge in [-0.1, -0.05) is 47.2 Å². The van der Waals surface area contributed by atoms with Crippen LogP contribution in [0.3, 0.4) is 0 Å². The summed E-state index contributed by atoms with van der Waals surface area (Å²) in [6.07, 6.45) is 3.51. The Bertz CT molecular complexity index is 1140. The maximum absolute atomic E-state index is 12.2. The molecule has 188 valence electrons. The van der Waals surface area contributed by atoms with E-state index in [9.17, 15) is 13.6 Å². The molecule has 35 heavy (non-hydrogen) atoms. The zero-order valence-electron chi connectivity index (χ0n) is 19.6. The Kier molecular flexibility index (Phi) is 9.39.